The van der Waals surface area contributed by atoms with E-state index >= 15 is 0 Å². The Labute approximate surface area is 230 Å². The van der Waals surface area contributed by atoms with E-state index in [1.807, 2.05) is 27.7 Å². The Morgan fingerprint density at radius 2 is 1.69 bits per heavy atom. The summed E-state index contributed by atoms with van der Waals surface area (Å²) in [5.74, 6) is 1.05. The van der Waals surface area contributed by atoms with Gasteiger partial charge in [-0.3, -0.25) is 14.6 Å². The van der Waals surface area contributed by atoms with Crippen LogP contribution in [0.4, 0.5) is 18.9 Å². The molecule has 1 aliphatic rings. The Hall–Kier alpha value is -2.76. The van der Waals surface area contributed by atoms with Crippen LogP contribution in [0.5, 0.6) is 5.75 Å². The number of nitrogens with zero attached hydrogens (tertiary/aromatic N) is 3. The Morgan fingerprint density at radius 3 is 2.28 bits per heavy atom. The zero-order chi connectivity index (χ0) is 28.3. The number of benzene rings is 2. The fourth-order valence-corrected chi connectivity index (χ4v) is 5.58. The number of rotatable bonds is 9. The number of amides is 1. The standard InChI is InChI=1S/C28H35F3N4O3S/c1-17(2)20-14-19(36)15-21(18(3)4)25(20)33-24(37)16-35-10-8-34(9-11-35)12-13-39-27-32-23-7-5-6-22(26(23)38-27)28(29,30)31/h5-7,14-15,17-18,36H,8-13,16H2,1-4H3,(H,33,37). The number of anilines is 1. The van der Waals surface area contributed by atoms with Crippen LogP contribution in [0.2, 0.25) is 0 Å². The van der Waals surface area contributed by atoms with Gasteiger partial charge in [0.2, 0.25) is 5.91 Å². The number of alkyl halides is 3. The molecule has 1 aliphatic heterocycles. The van der Waals surface area contributed by atoms with E-state index < -0.39 is 11.7 Å². The number of phenols is 1. The molecule has 2 aromatic carbocycles. The number of carbonyl (C=O) groups is 1. The largest absolute Gasteiger partial charge is 0.508 e. The maximum Gasteiger partial charge on any atom is 0.420 e. The highest BCUT2D eigenvalue weighted by Gasteiger charge is 2.34. The van der Waals surface area contributed by atoms with E-state index in [2.05, 4.69) is 20.1 Å². The lowest BCUT2D eigenvalue weighted by Gasteiger charge is -2.34. The molecule has 0 spiro atoms. The van der Waals surface area contributed by atoms with Gasteiger partial charge in [0.15, 0.2) is 5.58 Å². The monoisotopic (exact) mass is 564 g/mol. The summed E-state index contributed by atoms with van der Waals surface area (Å²) in [6.07, 6.45) is -4.49. The summed E-state index contributed by atoms with van der Waals surface area (Å²) in [4.78, 5) is 21.5. The molecule has 2 heterocycles. The predicted octanol–water partition coefficient (Wildman–Crippen LogP) is 6.15. The number of aromatic hydroxyl groups is 1. The molecule has 1 amide bonds. The summed E-state index contributed by atoms with van der Waals surface area (Å²) in [6, 6.07) is 7.29. The molecule has 7 nitrogen and oxygen atoms in total. The van der Waals surface area contributed by atoms with Crippen LogP contribution in [-0.2, 0) is 11.0 Å². The van der Waals surface area contributed by atoms with Crippen molar-refractivity contribution < 1.29 is 27.5 Å². The van der Waals surface area contributed by atoms with Crippen molar-refractivity contribution in [3.63, 3.8) is 0 Å². The Morgan fingerprint density at radius 1 is 1.08 bits per heavy atom. The number of oxazole rings is 1. The fraction of sp³-hybridized carbons (Fsp3) is 0.500. The predicted molar refractivity (Wildman–Crippen MR) is 148 cm³/mol. The van der Waals surface area contributed by atoms with Gasteiger partial charge in [-0.05, 0) is 47.2 Å². The SMILES string of the molecule is CC(C)c1cc(O)cc(C(C)C)c1NC(=O)CN1CCN(CCSc2nc3cccc(C(F)(F)F)c3o2)CC1. The molecule has 0 saturated carbocycles. The van der Waals surface area contributed by atoms with Crippen LogP contribution in [0.25, 0.3) is 11.1 Å². The topological polar surface area (TPSA) is 81.8 Å². The van der Waals surface area contributed by atoms with Gasteiger partial charge in [0.05, 0.1) is 6.54 Å². The van der Waals surface area contributed by atoms with Crippen molar-refractivity contribution in [2.75, 3.05) is 50.3 Å². The highest BCUT2D eigenvalue weighted by Crippen LogP contribution is 2.37. The molecule has 1 aromatic heterocycles. The van der Waals surface area contributed by atoms with Crippen molar-refractivity contribution >= 4 is 34.5 Å². The minimum atomic E-state index is -4.49. The van der Waals surface area contributed by atoms with Crippen LogP contribution in [0.1, 0.15) is 56.2 Å². The molecule has 212 valence electrons. The summed E-state index contributed by atoms with van der Waals surface area (Å²) in [7, 11) is 0. The van der Waals surface area contributed by atoms with E-state index in [9.17, 15) is 23.1 Å². The van der Waals surface area contributed by atoms with Crippen molar-refractivity contribution in [1.82, 2.24) is 14.8 Å². The van der Waals surface area contributed by atoms with Gasteiger partial charge in [0.1, 0.15) is 16.8 Å². The summed E-state index contributed by atoms with van der Waals surface area (Å²) in [5.41, 5.74) is 1.79. The Balaban J connectivity index is 1.26. The first-order valence-corrected chi connectivity index (χ1v) is 14.1. The van der Waals surface area contributed by atoms with Crippen LogP contribution < -0.4 is 5.32 Å². The molecule has 1 fully saturated rings. The van der Waals surface area contributed by atoms with Crippen molar-refractivity contribution in [2.45, 2.75) is 50.9 Å². The van der Waals surface area contributed by atoms with Crippen LogP contribution in [0.3, 0.4) is 0 Å². The normalized spacial score (nSPS) is 15.5. The summed E-state index contributed by atoms with van der Waals surface area (Å²) >= 11 is 1.30. The maximum absolute atomic E-state index is 13.2. The number of aromatic nitrogens is 1. The molecule has 0 unspecified atom stereocenters. The van der Waals surface area contributed by atoms with E-state index in [4.69, 9.17) is 4.42 Å². The van der Waals surface area contributed by atoms with Gasteiger partial charge in [-0.1, -0.05) is 45.5 Å². The van der Waals surface area contributed by atoms with E-state index in [-0.39, 0.29) is 46.4 Å². The minimum absolute atomic E-state index is 0.0809. The second-order valence-corrected chi connectivity index (χ2v) is 11.5. The van der Waals surface area contributed by atoms with Crippen molar-refractivity contribution in [2.24, 2.45) is 0 Å². The highest BCUT2D eigenvalue weighted by atomic mass is 32.2. The first kappa shape index (κ1) is 29.2. The van der Waals surface area contributed by atoms with Crippen LogP contribution >= 0.6 is 11.8 Å². The molecular formula is C28H35F3N4O3S. The highest BCUT2D eigenvalue weighted by molar-refractivity contribution is 7.99. The number of nitrogens with one attached hydrogen (secondary N) is 1. The quantitative estimate of drug-likeness (QED) is 0.238. The molecule has 11 heteroatoms. The Kier molecular flexibility index (Phi) is 9.13. The molecule has 0 bridgehead atoms. The third-order valence-corrected chi connectivity index (χ3v) is 7.67. The zero-order valence-corrected chi connectivity index (χ0v) is 23.5. The number of hydrogen-bond acceptors (Lipinski definition) is 7. The molecule has 1 saturated heterocycles. The first-order valence-electron chi connectivity index (χ1n) is 13.1. The maximum atomic E-state index is 13.2. The van der Waals surface area contributed by atoms with Gasteiger partial charge in [-0.25, -0.2) is 4.98 Å². The van der Waals surface area contributed by atoms with E-state index in [1.165, 1.54) is 23.9 Å². The number of thioether (sulfide) groups is 1. The second kappa shape index (κ2) is 12.2. The van der Waals surface area contributed by atoms with Gasteiger partial charge in [0, 0.05) is 44.2 Å². The molecule has 0 aliphatic carbocycles. The molecule has 3 aromatic rings. The van der Waals surface area contributed by atoms with E-state index in [0.717, 1.165) is 55.6 Å². The number of halogens is 3. The molecular weight excluding hydrogens is 529 g/mol. The van der Waals surface area contributed by atoms with Gasteiger partial charge < -0.3 is 14.8 Å². The number of fused-ring (bicyclic) bond motifs is 1. The minimum Gasteiger partial charge on any atom is -0.508 e. The van der Waals surface area contributed by atoms with Crippen molar-refractivity contribution in [1.29, 1.82) is 0 Å². The number of piperazine rings is 1. The Bertz CT molecular complexity index is 1270. The smallest absolute Gasteiger partial charge is 0.420 e. The van der Waals surface area contributed by atoms with Crippen LogP contribution in [-0.4, -0.2) is 70.8 Å². The third-order valence-electron chi connectivity index (χ3n) is 6.86. The molecule has 0 atom stereocenters. The lowest BCUT2D eigenvalue weighted by molar-refractivity contribution is -0.136. The number of hydrogen-bond donors (Lipinski definition) is 2. The average molecular weight is 565 g/mol. The molecule has 0 radical (unpaired) electrons. The van der Waals surface area contributed by atoms with Gasteiger partial charge in [0.25, 0.3) is 5.22 Å². The fourth-order valence-electron chi connectivity index (χ4n) is 4.76. The number of phenolic OH excluding ortho intramolecular Hbond substituents is 1. The lowest BCUT2D eigenvalue weighted by atomic mass is 9.92. The molecule has 2 N–H and O–H groups in total. The van der Waals surface area contributed by atoms with Crippen LogP contribution in [0, 0.1) is 0 Å². The molecule has 4 rings (SSSR count). The van der Waals surface area contributed by atoms with Gasteiger partial charge in [-0.15, -0.1) is 0 Å². The lowest BCUT2D eigenvalue weighted by Crippen LogP contribution is -2.49. The summed E-state index contributed by atoms with van der Waals surface area (Å²) in [5, 5.41) is 13.5. The van der Waals surface area contributed by atoms with E-state index in [0.29, 0.717) is 5.75 Å². The average Bonchev–Trinajstić information content (AvgIpc) is 3.28. The van der Waals surface area contributed by atoms with Crippen molar-refractivity contribution in [3.8, 4) is 5.75 Å². The number of carbonyl (C=O) groups excluding carboxylic acids is 1. The third kappa shape index (κ3) is 7.26. The first-order chi connectivity index (χ1) is 18.4. The molecule has 39 heavy (non-hydrogen) atoms. The number of para-hydroxylation sites is 1. The van der Waals surface area contributed by atoms with Gasteiger partial charge in [-0.2, -0.15) is 13.2 Å². The summed E-state index contributed by atoms with van der Waals surface area (Å²) in [6.45, 7) is 12.2. The van der Waals surface area contributed by atoms with Crippen molar-refractivity contribution in [3.05, 3.63) is 47.0 Å². The van der Waals surface area contributed by atoms with E-state index in [1.54, 1.807) is 12.1 Å². The van der Waals surface area contributed by atoms with Crippen LogP contribution in [0.15, 0.2) is 40.0 Å². The summed E-state index contributed by atoms with van der Waals surface area (Å²) < 4.78 is 45.1. The second-order valence-electron chi connectivity index (χ2n) is 10.5. The zero-order valence-electron chi connectivity index (χ0n) is 22.6. The van der Waals surface area contributed by atoms with Gasteiger partial charge >= 0.3 is 6.18 Å².